The molecule has 0 radical (unpaired) electrons. The maximum atomic E-state index is 13.5. The Hall–Kier alpha value is -3.69. The highest BCUT2D eigenvalue weighted by atomic mass is 32.2. The van der Waals surface area contributed by atoms with Crippen molar-refractivity contribution in [3.63, 3.8) is 0 Å². The van der Waals surface area contributed by atoms with Crippen molar-refractivity contribution in [1.29, 1.82) is 0 Å². The molecule has 0 atom stereocenters. The number of aromatic nitrogens is 1. The number of carbonyl (C=O) groups is 1. The van der Waals surface area contributed by atoms with Crippen LogP contribution in [-0.2, 0) is 22.1 Å². The Labute approximate surface area is 220 Å². The van der Waals surface area contributed by atoms with Crippen LogP contribution in [0.4, 0.5) is 8.78 Å². The number of para-hydroxylation sites is 1. The molecule has 0 aliphatic carbocycles. The number of piperazine rings is 1. The van der Waals surface area contributed by atoms with Gasteiger partial charge in [-0.15, -0.1) is 0 Å². The fourth-order valence-electron chi connectivity index (χ4n) is 4.85. The molecule has 1 aliphatic rings. The molecule has 6 nitrogen and oxygen atoms in total. The number of aryl methyl sites for hydroxylation is 1. The first-order valence-corrected chi connectivity index (χ1v) is 14.0. The number of halogens is 2. The molecular formula is C29H27F2N3O3S. The standard InChI is InChI=1S/C29H27F2N3O3S/c1-20-14-23(29(35)34-12-10-33(11-13-34)18-21-15-25(30)17-26(31)16-21)7-8-24(20)19-38(36,37)27-6-2-4-22-5-3-9-32-28(22)27/h2-9,14-17H,10-13,18-19H2,1H3. The molecule has 1 aliphatic heterocycles. The van der Waals surface area contributed by atoms with Gasteiger partial charge in [-0.05, 0) is 60.0 Å². The van der Waals surface area contributed by atoms with Crippen LogP contribution >= 0.6 is 0 Å². The predicted octanol–water partition coefficient (Wildman–Crippen LogP) is 4.75. The molecule has 0 unspecified atom stereocenters. The normalized spacial score (nSPS) is 14.7. The minimum Gasteiger partial charge on any atom is -0.336 e. The summed E-state index contributed by atoms with van der Waals surface area (Å²) in [4.78, 5) is 21.4. The van der Waals surface area contributed by atoms with Crippen molar-refractivity contribution >= 4 is 26.6 Å². The Morgan fingerprint density at radius 3 is 2.34 bits per heavy atom. The highest BCUT2D eigenvalue weighted by Gasteiger charge is 2.24. The van der Waals surface area contributed by atoms with Crippen molar-refractivity contribution in [2.75, 3.05) is 26.2 Å². The van der Waals surface area contributed by atoms with Crippen LogP contribution in [0.15, 0.2) is 77.8 Å². The van der Waals surface area contributed by atoms with E-state index in [0.717, 1.165) is 17.0 Å². The second-order valence-electron chi connectivity index (χ2n) is 9.58. The number of hydrogen-bond acceptors (Lipinski definition) is 5. The molecule has 0 bridgehead atoms. The summed E-state index contributed by atoms with van der Waals surface area (Å²) in [7, 11) is -3.66. The van der Waals surface area contributed by atoms with Gasteiger partial charge in [-0.25, -0.2) is 17.2 Å². The SMILES string of the molecule is Cc1cc(C(=O)N2CCN(Cc3cc(F)cc(F)c3)CC2)ccc1CS(=O)(=O)c1cccc2cccnc12. The lowest BCUT2D eigenvalue weighted by Gasteiger charge is -2.35. The number of pyridine rings is 1. The largest absolute Gasteiger partial charge is 0.336 e. The molecule has 4 aromatic rings. The van der Waals surface area contributed by atoms with Gasteiger partial charge >= 0.3 is 0 Å². The summed E-state index contributed by atoms with van der Waals surface area (Å²) in [5.74, 6) is -1.52. The maximum Gasteiger partial charge on any atom is 0.253 e. The molecule has 1 amide bonds. The lowest BCUT2D eigenvalue weighted by atomic mass is 10.1. The van der Waals surface area contributed by atoms with Gasteiger partial charge in [0.2, 0.25) is 0 Å². The third-order valence-corrected chi connectivity index (χ3v) is 8.54. The van der Waals surface area contributed by atoms with E-state index in [9.17, 15) is 22.0 Å². The van der Waals surface area contributed by atoms with E-state index in [0.29, 0.717) is 54.9 Å². The van der Waals surface area contributed by atoms with Gasteiger partial charge in [0.25, 0.3) is 5.91 Å². The molecule has 0 N–H and O–H groups in total. The number of benzene rings is 3. The van der Waals surface area contributed by atoms with Crippen LogP contribution in [0.25, 0.3) is 10.9 Å². The van der Waals surface area contributed by atoms with Crippen molar-refractivity contribution in [1.82, 2.24) is 14.8 Å². The van der Waals surface area contributed by atoms with Crippen LogP contribution in [0.1, 0.15) is 27.0 Å². The summed E-state index contributed by atoms with van der Waals surface area (Å²) in [5, 5.41) is 0.759. The molecule has 5 rings (SSSR count). The van der Waals surface area contributed by atoms with E-state index in [2.05, 4.69) is 9.88 Å². The van der Waals surface area contributed by atoms with Crippen molar-refractivity contribution in [2.24, 2.45) is 0 Å². The van der Waals surface area contributed by atoms with E-state index in [1.165, 1.54) is 12.1 Å². The molecule has 2 heterocycles. The summed E-state index contributed by atoms with van der Waals surface area (Å²) in [5.41, 5.74) is 2.85. The van der Waals surface area contributed by atoms with Crippen molar-refractivity contribution in [2.45, 2.75) is 24.1 Å². The second-order valence-corrected chi connectivity index (χ2v) is 11.5. The zero-order valence-electron chi connectivity index (χ0n) is 20.9. The Balaban J connectivity index is 1.25. The predicted molar refractivity (Wildman–Crippen MR) is 141 cm³/mol. The summed E-state index contributed by atoms with van der Waals surface area (Å²) in [6.45, 7) is 4.35. The lowest BCUT2D eigenvalue weighted by molar-refractivity contribution is 0.0628. The van der Waals surface area contributed by atoms with Crippen molar-refractivity contribution in [3.8, 4) is 0 Å². The molecule has 0 saturated carbocycles. The summed E-state index contributed by atoms with van der Waals surface area (Å²) < 4.78 is 53.5. The van der Waals surface area contributed by atoms with E-state index in [4.69, 9.17) is 0 Å². The van der Waals surface area contributed by atoms with Crippen LogP contribution in [0.5, 0.6) is 0 Å². The maximum absolute atomic E-state index is 13.5. The molecule has 1 aromatic heterocycles. The first-order valence-electron chi connectivity index (χ1n) is 12.3. The quantitative estimate of drug-likeness (QED) is 0.356. The van der Waals surface area contributed by atoms with E-state index >= 15 is 0 Å². The fraction of sp³-hybridized carbons (Fsp3) is 0.241. The van der Waals surface area contributed by atoms with Gasteiger partial charge in [0.1, 0.15) is 11.6 Å². The minimum atomic E-state index is -3.66. The Bertz CT molecular complexity index is 1590. The molecule has 3 aromatic carbocycles. The summed E-state index contributed by atoms with van der Waals surface area (Å²) >= 11 is 0. The van der Waals surface area contributed by atoms with Gasteiger partial charge in [0.05, 0.1) is 16.2 Å². The smallest absolute Gasteiger partial charge is 0.253 e. The van der Waals surface area contributed by atoms with Crippen molar-refractivity contribution < 1.29 is 22.0 Å². The van der Waals surface area contributed by atoms with E-state index in [1.807, 2.05) is 12.1 Å². The van der Waals surface area contributed by atoms with Crippen molar-refractivity contribution in [3.05, 3.63) is 107 Å². The first kappa shape index (κ1) is 25.9. The minimum absolute atomic E-state index is 0.128. The number of carbonyl (C=O) groups excluding carboxylic acids is 1. The zero-order valence-corrected chi connectivity index (χ0v) is 21.7. The zero-order chi connectivity index (χ0) is 26.9. The van der Waals surface area contributed by atoms with Gasteiger partial charge in [-0.2, -0.15) is 0 Å². The average molecular weight is 536 g/mol. The van der Waals surface area contributed by atoms with E-state index in [1.54, 1.807) is 54.4 Å². The summed E-state index contributed by atoms with van der Waals surface area (Å²) in [6.07, 6.45) is 1.58. The van der Waals surface area contributed by atoms with Crippen LogP contribution in [-0.4, -0.2) is 55.3 Å². The third kappa shape index (κ3) is 5.58. The topological polar surface area (TPSA) is 70.6 Å². The van der Waals surface area contributed by atoms with E-state index in [-0.39, 0.29) is 16.6 Å². The molecule has 1 saturated heterocycles. The van der Waals surface area contributed by atoms with E-state index < -0.39 is 21.5 Å². The number of sulfone groups is 1. The van der Waals surface area contributed by atoms with Crippen LogP contribution in [0, 0.1) is 18.6 Å². The van der Waals surface area contributed by atoms with Crippen LogP contribution in [0.3, 0.4) is 0 Å². The number of fused-ring (bicyclic) bond motifs is 1. The second kappa shape index (κ2) is 10.6. The summed E-state index contributed by atoms with van der Waals surface area (Å²) in [6, 6.07) is 17.3. The lowest BCUT2D eigenvalue weighted by Crippen LogP contribution is -2.48. The van der Waals surface area contributed by atoms with Gasteiger partial charge in [0, 0.05) is 55.9 Å². The monoisotopic (exact) mass is 535 g/mol. The molecule has 196 valence electrons. The third-order valence-electron chi connectivity index (χ3n) is 6.85. The number of nitrogens with zero attached hydrogens (tertiary/aromatic N) is 3. The first-order chi connectivity index (χ1) is 18.2. The van der Waals surface area contributed by atoms with Gasteiger partial charge in [-0.1, -0.05) is 24.3 Å². The number of hydrogen-bond donors (Lipinski definition) is 0. The molecular weight excluding hydrogens is 508 g/mol. The van der Waals surface area contributed by atoms with Gasteiger partial charge < -0.3 is 4.90 Å². The Morgan fingerprint density at radius 2 is 1.63 bits per heavy atom. The molecule has 38 heavy (non-hydrogen) atoms. The van der Waals surface area contributed by atoms with Gasteiger partial charge in [-0.3, -0.25) is 14.7 Å². The Morgan fingerprint density at radius 1 is 0.921 bits per heavy atom. The average Bonchev–Trinajstić information content (AvgIpc) is 2.89. The highest BCUT2D eigenvalue weighted by Crippen LogP contribution is 2.26. The van der Waals surface area contributed by atoms with Gasteiger partial charge in [0.15, 0.2) is 9.84 Å². The molecule has 1 fully saturated rings. The molecule has 0 spiro atoms. The van der Waals surface area contributed by atoms with Crippen LogP contribution < -0.4 is 0 Å². The number of amides is 1. The Kier molecular flexibility index (Phi) is 7.23. The fourth-order valence-corrected chi connectivity index (χ4v) is 6.49. The van der Waals surface area contributed by atoms with Crippen LogP contribution in [0.2, 0.25) is 0 Å². The highest BCUT2D eigenvalue weighted by molar-refractivity contribution is 7.90. The molecule has 9 heteroatoms. The number of rotatable bonds is 6.